The number of nitriles is 1. The van der Waals surface area contributed by atoms with Crippen molar-refractivity contribution in [2.24, 2.45) is 28.2 Å². The summed E-state index contributed by atoms with van der Waals surface area (Å²) >= 11 is 1.69. The van der Waals surface area contributed by atoms with Crippen LogP contribution in [0.5, 0.6) is 5.75 Å². The summed E-state index contributed by atoms with van der Waals surface area (Å²) < 4.78 is 11.7. The first-order chi connectivity index (χ1) is 50.7. The molecule has 12 aromatic rings. The third-order valence-corrected chi connectivity index (χ3v) is 18.6. The van der Waals surface area contributed by atoms with Crippen LogP contribution in [0.25, 0.3) is 108 Å². The number of carboxylic acid groups (broad SMARTS) is 4. The van der Waals surface area contributed by atoms with Gasteiger partial charge >= 0.3 is 29.7 Å². The van der Waals surface area contributed by atoms with Crippen LogP contribution < -0.4 is 4.74 Å². The molecule has 0 unspecified atom stereocenters. The number of rotatable bonds is 18. The van der Waals surface area contributed by atoms with Gasteiger partial charge in [-0.3, -0.25) is 0 Å². The highest BCUT2D eigenvalue weighted by Gasteiger charge is 2.30. The summed E-state index contributed by atoms with van der Waals surface area (Å²) in [6.45, 7) is 38.2. The molecule has 0 saturated heterocycles. The van der Waals surface area contributed by atoms with E-state index in [-0.39, 0.29) is 28.6 Å². The number of aromatic carboxylic acids is 4. The topological polar surface area (TPSA) is 232 Å². The standard InChI is InChI=1S/C22H17N3O2.C22H20N2O2S.C21H18N2O2.C20H17N3O3/c1-4-18-20(24-2)19(21(22(26)27)25(18)3)15-11-9-14(10-12-15)17-8-6-5-7-16(17)13-23;1-5-17-20(23-2)19(21(22(25)26)24(17)3)15-12-10-14(11-13-15)16-8-6-7-9-18(16)27-4;1-4-17-19(22-2)18(20(21(24)25)23(17)3)16-12-10-15(11-13-16)14-8-6-5-7-9-14;1-4-26-16-8-6-5-7-15(16)13-9-11-14(12-10-13)17-18(20(24)25)23(3)22-19(17)21-2/h5-12H,4H2,1,3H3,(H,26,27);6-13H,5H2,1,3-4H3,(H,25,26);5-13H,4H2,1,3H3,(H,24,25);5-12H,4H2,1,3H3,(H,24,25). The van der Waals surface area contributed by atoms with E-state index in [1.807, 2.05) is 192 Å². The molecular weight excluding hydrogens is 1340 g/mol. The third-order valence-electron chi connectivity index (χ3n) is 17.8. The molecule has 4 heterocycles. The Kier molecular flexibility index (Phi) is 24.5. The summed E-state index contributed by atoms with van der Waals surface area (Å²) in [6, 6.07) is 65.6. The van der Waals surface area contributed by atoms with Gasteiger partial charge in [-0.25, -0.2) is 33.7 Å². The number of benzene rings is 8. The summed E-state index contributed by atoms with van der Waals surface area (Å²) in [6.07, 6.45) is 3.83. The zero-order chi connectivity index (χ0) is 75.8. The molecule has 0 aliphatic heterocycles. The van der Waals surface area contributed by atoms with E-state index >= 15 is 0 Å². The van der Waals surface area contributed by atoms with Crippen molar-refractivity contribution in [1.29, 1.82) is 5.26 Å². The number of hydrogen-bond donors (Lipinski definition) is 4. The maximum Gasteiger partial charge on any atom is 0.355 e. The SMILES string of the molecule is [C-]#[N+]c1c(-c2ccc(-c3ccccc3)cc2)c(C(=O)O)n(C)c1CC.[C-]#[N+]c1c(-c2ccc(-c3ccccc3C#N)cc2)c(C(=O)O)n(C)c1CC.[C-]#[N+]c1c(-c2ccc(-c3ccccc3SC)cc2)c(C(=O)O)n(C)c1CC.[C-]#[N+]c1nn(C)c(C(=O)O)c1-c1ccc(-c2ccccc2OCC)cc1. The Bertz CT molecular complexity index is 5480. The molecule has 20 heteroatoms. The van der Waals surface area contributed by atoms with Crippen molar-refractivity contribution >= 4 is 58.5 Å². The van der Waals surface area contributed by atoms with Gasteiger partial charge in [0.25, 0.3) is 0 Å². The summed E-state index contributed by atoms with van der Waals surface area (Å²) in [5.41, 5.74) is 17.0. The van der Waals surface area contributed by atoms with Gasteiger partial charge in [0.15, 0.2) is 5.69 Å². The van der Waals surface area contributed by atoms with Gasteiger partial charge in [0.1, 0.15) is 22.8 Å². The Labute approximate surface area is 613 Å². The minimum Gasteiger partial charge on any atom is -0.493 e. The highest BCUT2D eigenvalue weighted by molar-refractivity contribution is 7.98. The molecule has 0 aliphatic carbocycles. The highest BCUT2D eigenvalue weighted by Crippen LogP contribution is 2.44. The number of ether oxygens (including phenoxy) is 1. The molecule has 0 amide bonds. The molecule has 8 aromatic carbocycles. The summed E-state index contributed by atoms with van der Waals surface area (Å²) in [4.78, 5) is 62.5. The third kappa shape index (κ3) is 15.6. The molecule has 12 rings (SSSR count). The van der Waals surface area contributed by atoms with Crippen LogP contribution in [0.1, 0.15) is 92.3 Å². The predicted octanol–water partition coefficient (Wildman–Crippen LogP) is 20.5. The van der Waals surface area contributed by atoms with Crippen molar-refractivity contribution < 1.29 is 44.3 Å². The van der Waals surface area contributed by atoms with Gasteiger partial charge in [0.05, 0.1) is 45.0 Å². The Balaban J connectivity index is 0.000000162. The van der Waals surface area contributed by atoms with Crippen LogP contribution in [0.3, 0.4) is 0 Å². The molecule has 4 N–H and O–H groups in total. The molecule has 0 saturated carbocycles. The summed E-state index contributed by atoms with van der Waals surface area (Å²) in [7, 11) is 6.62. The quantitative estimate of drug-likeness (QED) is 0.0464. The van der Waals surface area contributed by atoms with Crippen molar-refractivity contribution in [1.82, 2.24) is 23.5 Å². The predicted molar refractivity (Wildman–Crippen MR) is 412 cm³/mol. The second-order valence-electron chi connectivity index (χ2n) is 23.6. The van der Waals surface area contributed by atoms with Gasteiger partial charge in [-0.2, -0.15) is 9.94 Å². The van der Waals surface area contributed by atoms with Crippen molar-refractivity contribution in [3.63, 3.8) is 0 Å². The Hall–Kier alpha value is -13.7. The van der Waals surface area contributed by atoms with Crippen LogP contribution in [-0.2, 0) is 47.5 Å². The minimum absolute atomic E-state index is 0.00142. The lowest BCUT2D eigenvalue weighted by Gasteiger charge is -2.11. The lowest BCUT2D eigenvalue weighted by atomic mass is 9.96. The summed E-state index contributed by atoms with van der Waals surface area (Å²) in [5.74, 6) is -3.35. The van der Waals surface area contributed by atoms with Crippen LogP contribution in [0.2, 0.25) is 0 Å². The summed E-state index contributed by atoms with van der Waals surface area (Å²) in [5, 5.41) is 51.8. The van der Waals surface area contributed by atoms with Gasteiger partial charge in [0, 0.05) is 70.9 Å². The average molecular weight is 1410 g/mol. The number of carbonyl (C=O) groups is 4. The van der Waals surface area contributed by atoms with E-state index in [4.69, 9.17) is 31.0 Å². The molecule has 105 heavy (non-hydrogen) atoms. The minimum atomic E-state index is -1.12. The number of hydrogen-bond acceptors (Lipinski definition) is 8. The second kappa shape index (κ2) is 34.1. The second-order valence-corrected chi connectivity index (χ2v) is 24.4. The first-order valence-electron chi connectivity index (χ1n) is 33.2. The van der Waals surface area contributed by atoms with Gasteiger partial charge in [-0.1, -0.05) is 209 Å². The Morgan fingerprint density at radius 1 is 0.419 bits per heavy atom. The Morgan fingerprint density at radius 2 is 0.752 bits per heavy atom. The van der Waals surface area contributed by atoms with E-state index in [0.29, 0.717) is 87.6 Å². The molecule has 0 aliphatic rings. The van der Waals surface area contributed by atoms with E-state index in [1.165, 1.54) is 16.6 Å². The van der Waals surface area contributed by atoms with Crippen molar-refractivity contribution in [3.8, 4) is 101 Å². The average Bonchev–Trinajstić information content (AvgIpc) is 1.38. The van der Waals surface area contributed by atoms with Crippen molar-refractivity contribution in [2.75, 3.05) is 12.9 Å². The number of nitrogens with zero attached hydrogens (tertiary/aromatic N) is 10. The zero-order valence-corrected chi connectivity index (χ0v) is 59.9. The molecule has 0 radical (unpaired) electrons. The number of para-hydroxylation sites is 1. The normalized spacial score (nSPS) is 10.4. The number of aryl methyl sites for hydroxylation is 1. The smallest absolute Gasteiger partial charge is 0.355 e. The fourth-order valence-corrected chi connectivity index (χ4v) is 13.6. The van der Waals surface area contributed by atoms with Gasteiger partial charge in [0.2, 0.25) is 17.1 Å². The molecule has 0 bridgehead atoms. The lowest BCUT2D eigenvalue weighted by molar-refractivity contribution is 0.0675. The zero-order valence-electron chi connectivity index (χ0n) is 59.1. The number of carboxylic acids is 4. The molecular formula is C85H72N10O9S. The van der Waals surface area contributed by atoms with E-state index in [0.717, 1.165) is 72.8 Å². The molecule has 0 atom stereocenters. The van der Waals surface area contributed by atoms with Crippen LogP contribution in [-0.4, -0.2) is 80.6 Å². The van der Waals surface area contributed by atoms with Crippen LogP contribution in [0.15, 0.2) is 205 Å². The maximum absolute atomic E-state index is 11.9. The van der Waals surface area contributed by atoms with Gasteiger partial charge < -0.3 is 43.7 Å². The van der Waals surface area contributed by atoms with Crippen LogP contribution in [0.4, 0.5) is 22.9 Å². The number of aromatic nitrogens is 5. The molecule has 0 spiro atoms. The fraction of sp³-hybridized carbons (Fsp3) is 0.153. The monoisotopic (exact) mass is 1410 g/mol. The highest BCUT2D eigenvalue weighted by atomic mass is 32.2. The van der Waals surface area contributed by atoms with Crippen molar-refractivity contribution in [2.45, 2.75) is 51.9 Å². The first kappa shape index (κ1) is 75.5. The Morgan fingerprint density at radius 3 is 1.13 bits per heavy atom. The van der Waals surface area contributed by atoms with Gasteiger partial charge in [-0.15, -0.1) is 11.8 Å². The van der Waals surface area contributed by atoms with Gasteiger partial charge in [-0.05, 0) is 117 Å². The van der Waals surface area contributed by atoms with Crippen LogP contribution >= 0.6 is 11.8 Å². The largest absolute Gasteiger partial charge is 0.493 e. The number of thioether (sulfide) groups is 1. The van der Waals surface area contributed by atoms with Crippen molar-refractivity contribution in [3.05, 3.63) is 291 Å². The molecule has 522 valence electrons. The van der Waals surface area contributed by atoms with E-state index in [2.05, 4.69) is 42.7 Å². The van der Waals surface area contributed by atoms with Crippen LogP contribution in [0, 0.1) is 37.6 Å². The molecule has 19 nitrogen and oxygen atoms in total. The van der Waals surface area contributed by atoms with E-state index in [1.54, 1.807) is 76.9 Å². The molecule has 4 aromatic heterocycles. The van der Waals surface area contributed by atoms with E-state index in [9.17, 15) is 44.9 Å². The molecule has 0 fully saturated rings. The first-order valence-corrected chi connectivity index (χ1v) is 34.4. The lowest BCUT2D eigenvalue weighted by Crippen LogP contribution is -2.07. The fourth-order valence-electron chi connectivity index (χ4n) is 13.0. The van der Waals surface area contributed by atoms with E-state index < -0.39 is 23.9 Å². The maximum atomic E-state index is 11.9.